The molecule has 2 fully saturated rings. The molecule has 1 aliphatic carbocycles. The van der Waals surface area contributed by atoms with E-state index in [2.05, 4.69) is 15.2 Å². The minimum atomic E-state index is 0.264. The van der Waals surface area contributed by atoms with Gasteiger partial charge in [-0.1, -0.05) is 31.4 Å². The number of carbonyl (C=O) groups is 1. The summed E-state index contributed by atoms with van der Waals surface area (Å²) in [6, 6.07) is 8.46. The number of amides is 1. The van der Waals surface area contributed by atoms with E-state index in [-0.39, 0.29) is 5.91 Å². The number of nitrogens with zero attached hydrogens (tertiary/aromatic N) is 7. The fourth-order valence-electron chi connectivity index (χ4n) is 5.50. The molecule has 0 unspecified atom stereocenters. The number of likely N-dealkylation sites (tertiary alicyclic amines) is 1. The monoisotopic (exact) mass is 487 g/mol. The zero-order valence-electron chi connectivity index (χ0n) is 20.8. The van der Waals surface area contributed by atoms with Crippen LogP contribution in [0.2, 0.25) is 0 Å². The first kappa shape index (κ1) is 22.8. The van der Waals surface area contributed by atoms with Gasteiger partial charge in [0.05, 0.1) is 17.4 Å². The van der Waals surface area contributed by atoms with Crippen molar-refractivity contribution in [1.29, 1.82) is 0 Å². The SMILES string of the molecule is Cn1c(Nc2nc(NCCCN3CCCC3=O)c3ncn(C4CCCCC4)c3n2)nc2ccccc21. The molecule has 4 aromatic rings. The van der Waals surface area contributed by atoms with Crippen molar-refractivity contribution in [3.8, 4) is 0 Å². The van der Waals surface area contributed by atoms with Gasteiger partial charge in [-0.3, -0.25) is 10.1 Å². The van der Waals surface area contributed by atoms with Crippen molar-refractivity contribution in [2.45, 2.75) is 57.4 Å². The van der Waals surface area contributed by atoms with Crippen LogP contribution in [0.1, 0.15) is 57.4 Å². The zero-order chi connectivity index (χ0) is 24.5. The van der Waals surface area contributed by atoms with E-state index in [0.717, 1.165) is 61.0 Å². The Morgan fingerprint density at radius 3 is 2.72 bits per heavy atom. The van der Waals surface area contributed by atoms with E-state index < -0.39 is 0 Å². The molecule has 3 aromatic heterocycles. The third kappa shape index (κ3) is 4.36. The molecular weight excluding hydrogens is 454 g/mol. The maximum absolute atomic E-state index is 11.9. The van der Waals surface area contributed by atoms with Crippen molar-refractivity contribution < 1.29 is 4.79 Å². The molecule has 1 saturated heterocycles. The molecule has 1 saturated carbocycles. The zero-order valence-corrected chi connectivity index (χ0v) is 20.8. The Bertz CT molecular complexity index is 1390. The minimum Gasteiger partial charge on any atom is -0.368 e. The number of benzene rings is 1. The van der Waals surface area contributed by atoms with E-state index in [1.54, 1.807) is 0 Å². The molecule has 0 bridgehead atoms. The molecule has 2 N–H and O–H groups in total. The second-order valence-electron chi connectivity index (χ2n) is 9.88. The standard InChI is InChI=1S/C26H33N9O/c1-33-20-12-6-5-11-19(20)29-26(33)32-25-30-23(27-14-8-16-34-15-7-13-21(34)36)22-24(31-25)35(17-28-22)18-9-3-2-4-10-18/h5-6,11-12,17-18H,2-4,7-10,13-16H2,1H3,(H2,27,29,30,31,32). The Hall–Kier alpha value is -3.69. The fourth-order valence-corrected chi connectivity index (χ4v) is 5.50. The Morgan fingerprint density at radius 1 is 1.06 bits per heavy atom. The van der Waals surface area contributed by atoms with Crippen molar-refractivity contribution in [2.75, 3.05) is 30.3 Å². The predicted molar refractivity (Wildman–Crippen MR) is 140 cm³/mol. The summed E-state index contributed by atoms with van der Waals surface area (Å²) in [6.07, 6.45) is 10.5. The maximum atomic E-state index is 11.9. The van der Waals surface area contributed by atoms with Crippen LogP contribution in [-0.2, 0) is 11.8 Å². The highest BCUT2D eigenvalue weighted by molar-refractivity contribution is 5.85. The van der Waals surface area contributed by atoms with Crippen LogP contribution < -0.4 is 10.6 Å². The molecule has 0 atom stereocenters. The molecule has 0 spiro atoms. The number of hydrogen-bond acceptors (Lipinski definition) is 7. The van der Waals surface area contributed by atoms with E-state index in [4.69, 9.17) is 19.9 Å². The van der Waals surface area contributed by atoms with Gasteiger partial charge in [0, 0.05) is 39.1 Å². The molecule has 0 radical (unpaired) electrons. The number of nitrogens with one attached hydrogen (secondary N) is 2. The van der Waals surface area contributed by atoms with E-state index in [1.165, 1.54) is 19.3 Å². The summed E-state index contributed by atoms with van der Waals surface area (Å²) in [5, 5.41) is 6.83. The predicted octanol–water partition coefficient (Wildman–Crippen LogP) is 4.39. The van der Waals surface area contributed by atoms with Gasteiger partial charge in [-0.05, 0) is 37.8 Å². The topological polar surface area (TPSA) is 106 Å². The second kappa shape index (κ2) is 9.75. The molecule has 188 valence electrons. The lowest BCUT2D eigenvalue weighted by Gasteiger charge is -2.23. The Balaban J connectivity index is 1.29. The second-order valence-corrected chi connectivity index (χ2v) is 9.88. The third-order valence-corrected chi connectivity index (χ3v) is 7.47. The maximum Gasteiger partial charge on any atom is 0.233 e. The quantitative estimate of drug-likeness (QED) is 0.355. The molecular formula is C26H33N9O. The molecule has 4 heterocycles. The highest BCUT2D eigenvalue weighted by Gasteiger charge is 2.22. The average molecular weight is 488 g/mol. The molecule has 6 rings (SSSR count). The number of rotatable bonds is 8. The van der Waals surface area contributed by atoms with Crippen LogP contribution in [0.4, 0.5) is 17.7 Å². The number of anilines is 3. The summed E-state index contributed by atoms with van der Waals surface area (Å²) in [5.41, 5.74) is 3.59. The number of hydrogen-bond donors (Lipinski definition) is 2. The number of aryl methyl sites for hydroxylation is 1. The van der Waals surface area contributed by atoms with E-state index in [0.29, 0.717) is 36.7 Å². The number of fused-ring (bicyclic) bond motifs is 2. The molecule has 1 amide bonds. The van der Waals surface area contributed by atoms with Gasteiger partial charge in [0.25, 0.3) is 0 Å². The van der Waals surface area contributed by atoms with Crippen LogP contribution in [0.5, 0.6) is 0 Å². The van der Waals surface area contributed by atoms with Crippen molar-refractivity contribution in [3.63, 3.8) is 0 Å². The normalized spacial score (nSPS) is 16.9. The summed E-state index contributed by atoms with van der Waals surface area (Å²) >= 11 is 0. The largest absolute Gasteiger partial charge is 0.368 e. The Labute approximate surface area is 210 Å². The summed E-state index contributed by atoms with van der Waals surface area (Å²) in [5.74, 6) is 2.16. The van der Waals surface area contributed by atoms with Crippen LogP contribution >= 0.6 is 0 Å². The van der Waals surface area contributed by atoms with Crippen molar-refractivity contribution in [3.05, 3.63) is 30.6 Å². The van der Waals surface area contributed by atoms with Gasteiger partial charge in [0.15, 0.2) is 17.0 Å². The molecule has 10 nitrogen and oxygen atoms in total. The van der Waals surface area contributed by atoms with Gasteiger partial charge < -0.3 is 19.4 Å². The highest BCUT2D eigenvalue weighted by Crippen LogP contribution is 2.32. The molecule has 36 heavy (non-hydrogen) atoms. The van der Waals surface area contributed by atoms with Crippen LogP contribution in [0.3, 0.4) is 0 Å². The molecule has 2 aliphatic rings. The van der Waals surface area contributed by atoms with Crippen molar-refractivity contribution in [2.24, 2.45) is 7.05 Å². The van der Waals surface area contributed by atoms with E-state index >= 15 is 0 Å². The van der Waals surface area contributed by atoms with Gasteiger partial charge >= 0.3 is 0 Å². The number of para-hydroxylation sites is 2. The van der Waals surface area contributed by atoms with Crippen LogP contribution in [0, 0.1) is 0 Å². The molecule has 10 heteroatoms. The van der Waals surface area contributed by atoms with Crippen LogP contribution in [0.15, 0.2) is 30.6 Å². The lowest BCUT2D eigenvalue weighted by Crippen LogP contribution is -2.27. The first-order valence-electron chi connectivity index (χ1n) is 13.1. The van der Waals surface area contributed by atoms with Gasteiger partial charge in [-0.2, -0.15) is 9.97 Å². The Kier molecular flexibility index (Phi) is 6.16. The van der Waals surface area contributed by atoms with Crippen molar-refractivity contribution in [1.82, 2.24) is 34.0 Å². The van der Waals surface area contributed by atoms with Crippen molar-refractivity contribution >= 4 is 45.8 Å². The number of imidazole rings is 2. The lowest BCUT2D eigenvalue weighted by molar-refractivity contribution is -0.127. The fraction of sp³-hybridized carbons (Fsp3) is 0.500. The minimum absolute atomic E-state index is 0.264. The number of carbonyl (C=O) groups excluding carboxylic acids is 1. The van der Waals surface area contributed by atoms with Crippen LogP contribution in [-0.4, -0.2) is 59.5 Å². The summed E-state index contributed by atoms with van der Waals surface area (Å²) < 4.78 is 4.24. The van der Waals surface area contributed by atoms with E-state index in [9.17, 15) is 4.79 Å². The van der Waals surface area contributed by atoms with Gasteiger partial charge in [-0.15, -0.1) is 0 Å². The van der Waals surface area contributed by atoms with E-state index in [1.807, 2.05) is 47.1 Å². The average Bonchev–Trinajstić information content (AvgIpc) is 3.60. The summed E-state index contributed by atoms with van der Waals surface area (Å²) in [4.78, 5) is 33.1. The lowest BCUT2D eigenvalue weighted by atomic mass is 9.95. The smallest absolute Gasteiger partial charge is 0.233 e. The first-order valence-corrected chi connectivity index (χ1v) is 13.1. The van der Waals surface area contributed by atoms with Crippen LogP contribution in [0.25, 0.3) is 22.2 Å². The summed E-state index contributed by atoms with van der Waals surface area (Å²) in [6.45, 7) is 2.34. The highest BCUT2D eigenvalue weighted by atomic mass is 16.2. The van der Waals surface area contributed by atoms with Gasteiger partial charge in [0.2, 0.25) is 17.8 Å². The van der Waals surface area contributed by atoms with Gasteiger partial charge in [-0.25, -0.2) is 9.97 Å². The Morgan fingerprint density at radius 2 is 1.92 bits per heavy atom. The summed E-state index contributed by atoms with van der Waals surface area (Å²) in [7, 11) is 1.99. The molecule has 1 aromatic carbocycles. The number of aromatic nitrogens is 6. The third-order valence-electron chi connectivity index (χ3n) is 7.47. The molecule has 1 aliphatic heterocycles. The first-order chi connectivity index (χ1) is 17.7. The van der Waals surface area contributed by atoms with Gasteiger partial charge in [0.1, 0.15) is 0 Å².